The maximum atomic E-state index is 12.9. The molecule has 7 nitrogen and oxygen atoms in total. The van der Waals surface area contributed by atoms with E-state index in [0.717, 1.165) is 28.5 Å². The van der Waals surface area contributed by atoms with Crippen molar-refractivity contribution in [1.29, 1.82) is 0 Å². The molecule has 36 heavy (non-hydrogen) atoms. The molecule has 0 radical (unpaired) electrons. The number of carbonyl (C=O) groups excluding carboxylic acids is 1. The molecule has 0 fully saturated rings. The van der Waals surface area contributed by atoms with Gasteiger partial charge in [0.2, 0.25) is 0 Å². The Kier molecular flexibility index (Phi) is 8.05. The van der Waals surface area contributed by atoms with E-state index in [-0.39, 0.29) is 24.3 Å². The lowest BCUT2D eigenvalue weighted by Gasteiger charge is -2.18. The molecule has 1 amide bonds. The van der Waals surface area contributed by atoms with Gasteiger partial charge in [-0.25, -0.2) is 0 Å². The van der Waals surface area contributed by atoms with Crippen molar-refractivity contribution in [3.05, 3.63) is 101 Å². The molecular formula is C29H33N3O4. The van der Waals surface area contributed by atoms with Gasteiger partial charge in [-0.3, -0.25) is 4.79 Å². The molecule has 7 heteroatoms. The van der Waals surface area contributed by atoms with Crippen LogP contribution in [-0.4, -0.2) is 50.7 Å². The molecule has 1 aromatic heterocycles. The fraction of sp³-hybridized carbons (Fsp3) is 0.276. The van der Waals surface area contributed by atoms with Crippen LogP contribution >= 0.6 is 0 Å². The molecule has 5 N–H and O–H groups in total. The van der Waals surface area contributed by atoms with Crippen LogP contribution < -0.4 is 5.32 Å². The van der Waals surface area contributed by atoms with Crippen molar-refractivity contribution >= 4 is 16.8 Å². The van der Waals surface area contributed by atoms with Gasteiger partial charge in [-0.1, -0.05) is 42.5 Å². The monoisotopic (exact) mass is 487 g/mol. The van der Waals surface area contributed by atoms with Gasteiger partial charge in [0.15, 0.2) is 0 Å². The van der Waals surface area contributed by atoms with Gasteiger partial charge in [0.1, 0.15) is 11.4 Å². The lowest BCUT2D eigenvalue weighted by molar-refractivity contribution is 0.0780. The first kappa shape index (κ1) is 25.4. The first-order valence-electron chi connectivity index (χ1n) is 12.1. The second kappa shape index (κ2) is 11.4. The van der Waals surface area contributed by atoms with Gasteiger partial charge in [-0.15, -0.1) is 0 Å². The van der Waals surface area contributed by atoms with Gasteiger partial charge in [0.05, 0.1) is 12.7 Å². The minimum absolute atomic E-state index is 0.0163. The fourth-order valence-electron chi connectivity index (χ4n) is 4.35. The van der Waals surface area contributed by atoms with E-state index in [4.69, 9.17) is 0 Å². The number of aromatic nitrogens is 1. The normalized spacial score (nSPS) is 13.0. The molecule has 0 saturated carbocycles. The Morgan fingerprint density at radius 1 is 1.03 bits per heavy atom. The number of H-pyrrole nitrogens is 1. The second-order valence-corrected chi connectivity index (χ2v) is 9.33. The Labute approximate surface area is 211 Å². The third kappa shape index (κ3) is 6.12. The van der Waals surface area contributed by atoms with Crippen molar-refractivity contribution < 1.29 is 20.1 Å². The number of aromatic hydroxyl groups is 1. The quantitative estimate of drug-likeness (QED) is 0.233. The van der Waals surface area contributed by atoms with Gasteiger partial charge in [-0.05, 0) is 60.4 Å². The number of hydrogen-bond donors (Lipinski definition) is 5. The molecular weight excluding hydrogens is 454 g/mol. The molecule has 0 bridgehead atoms. The number of aliphatic hydroxyl groups is 2. The topological polar surface area (TPSA) is 109 Å². The number of carbonyl (C=O) groups is 1. The summed E-state index contributed by atoms with van der Waals surface area (Å²) in [5.41, 5.74) is 4.71. The summed E-state index contributed by atoms with van der Waals surface area (Å²) in [6, 6.07) is 22.8. The Bertz CT molecular complexity index is 1320. The first-order valence-corrected chi connectivity index (χ1v) is 12.1. The van der Waals surface area contributed by atoms with E-state index in [1.807, 2.05) is 48.5 Å². The predicted molar refractivity (Wildman–Crippen MR) is 141 cm³/mol. The summed E-state index contributed by atoms with van der Waals surface area (Å²) < 4.78 is 0. The van der Waals surface area contributed by atoms with E-state index >= 15 is 0 Å². The van der Waals surface area contributed by atoms with Crippen LogP contribution in [0.1, 0.15) is 45.8 Å². The van der Waals surface area contributed by atoms with Gasteiger partial charge in [0, 0.05) is 42.6 Å². The number of nitrogens with one attached hydrogen (secondary N) is 2. The Morgan fingerprint density at radius 2 is 1.81 bits per heavy atom. The number of fused-ring (bicyclic) bond motifs is 1. The molecule has 4 rings (SSSR count). The maximum absolute atomic E-state index is 12.9. The number of benzene rings is 3. The summed E-state index contributed by atoms with van der Waals surface area (Å²) in [7, 11) is 1.80. The van der Waals surface area contributed by atoms with Gasteiger partial charge < -0.3 is 30.5 Å². The molecule has 0 unspecified atom stereocenters. The average molecular weight is 488 g/mol. The second-order valence-electron chi connectivity index (χ2n) is 9.33. The zero-order valence-electron chi connectivity index (χ0n) is 20.6. The summed E-state index contributed by atoms with van der Waals surface area (Å²) in [5.74, 6) is -0.0400. The smallest absolute Gasteiger partial charge is 0.270 e. The number of aliphatic hydroxyl groups excluding tert-OH is 2. The highest BCUT2D eigenvalue weighted by atomic mass is 16.3. The van der Waals surface area contributed by atoms with Crippen molar-refractivity contribution in [2.45, 2.75) is 38.6 Å². The summed E-state index contributed by atoms with van der Waals surface area (Å²) in [5, 5.41) is 33.9. The molecule has 0 spiro atoms. The summed E-state index contributed by atoms with van der Waals surface area (Å²) >= 11 is 0. The molecule has 188 valence electrons. The molecule has 0 saturated heterocycles. The SMILES string of the molecule is C[C@H](Cc1ccc2[nH]c(C(=O)N(C)Cc3ccccc3)cc2c1)NC[C@@H](O)c1ccc(O)c(CO)c1. The summed E-state index contributed by atoms with van der Waals surface area (Å²) in [6.07, 6.45) is -0.00498. The van der Waals surface area contributed by atoms with Crippen LogP contribution in [0.15, 0.2) is 72.8 Å². The number of aromatic amines is 1. The van der Waals surface area contributed by atoms with E-state index in [1.54, 1.807) is 24.1 Å². The molecule has 3 aromatic carbocycles. The van der Waals surface area contributed by atoms with Crippen molar-refractivity contribution in [3.63, 3.8) is 0 Å². The number of nitrogens with zero attached hydrogens (tertiary/aromatic N) is 1. The number of amides is 1. The Morgan fingerprint density at radius 3 is 2.56 bits per heavy atom. The third-order valence-electron chi connectivity index (χ3n) is 6.39. The highest BCUT2D eigenvalue weighted by Crippen LogP contribution is 2.23. The highest BCUT2D eigenvalue weighted by Gasteiger charge is 2.16. The van der Waals surface area contributed by atoms with Crippen LogP contribution in [0, 0.1) is 0 Å². The predicted octanol–water partition coefficient (Wildman–Crippen LogP) is 3.89. The maximum Gasteiger partial charge on any atom is 0.270 e. The number of rotatable bonds is 10. The molecule has 4 aromatic rings. The van der Waals surface area contributed by atoms with E-state index in [2.05, 4.69) is 23.3 Å². The molecule has 2 atom stereocenters. The lowest BCUT2D eigenvalue weighted by Crippen LogP contribution is -2.32. The minimum atomic E-state index is -0.757. The van der Waals surface area contributed by atoms with Crippen molar-refractivity contribution in [1.82, 2.24) is 15.2 Å². The van der Waals surface area contributed by atoms with E-state index in [0.29, 0.717) is 29.9 Å². The Balaban J connectivity index is 1.35. The van der Waals surface area contributed by atoms with Crippen molar-refractivity contribution in [2.24, 2.45) is 0 Å². The first-order chi connectivity index (χ1) is 17.3. The largest absolute Gasteiger partial charge is 0.508 e. The van der Waals surface area contributed by atoms with E-state index < -0.39 is 6.10 Å². The van der Waals surface area contributed by atoms with Gasteiger partial charge in [0.25, 0.3) is 5.91 Å². The van der Waals surface area contributed by atoms with Crippen LogP contribution in [0.2, 0.25) is 0 Å². The van der Waals surface area contributed by atoms with Crippen molar-refractivity contribution in [3.8, 4) is 5.75 Å². The number of phenols is 1. The van der Waals surface area contributed by atoms with Crippen LogP contribution in [0.4, 0.5) is 0 Å². The van der Waals surface area contributed by atoms with Crippen LogP contribution in [0.5, 0.6) is 5.75 Å². The fourth-order valence-corrected chi connectivity index (χ4v) is 4.35. The third-order valence-corrected chi connectivity index (χ3v) is 6.39. The van der Waals surface area contributed by atoms with Gasteiger partial charge >= 0.3 is 0 Å². The molecule has 0 aliphatic heterocycles. The average Bonchev–Trinajstić information content (AvgIpc) is 3.31. The van der Waals surface area contributed by atoms with Crippen LogP contribution in [0.25, 0.3) is 10.9 Å². The highest BCUT2D eigenvalue weighted by molar-refractivity contribution is 5.98. The van der Waals surface area contributed by atoms with Crippen molar-refractivity contribution in [2.75, 3.05) is 13.6 Å². The molecule has 0 aliphatic rings. The Hall–Kier alpha value is -3.65. The van der Waals surface area contributed by atoms with Crippen LogP contribution in [0.3, 0.4) is 0 Å². The lowest BCUT2D eigenvalue weighted by atomic mass is 10.0. The zero-order valence-corrected chi connectivity index (χ0v) is 20.6. The van der Waals surface area contributed by atoms with Crippen LogP contribution in [-0.2, 0) is 19.6 Å². The summed E-state index contributed by atoms with van der Waals surface area (Å²) in [4.78, 5) is 17.9. The van der Waals surface area contributed by atoms with Gasteiger partial charge in [-0.2, -0.15) is 0 Å². The number of hydrogen-bond acceptors (Lipinski definition) is 5. The standard InChI is InChI=1S/C29H33N3O4/c1-19(30-16-28(35)22-9-11-27(34)24(14-22)18-33)12-21-8-10-25-23(13-21)15-26(31-25)29(36)32(2)17-20-6-4-3-5-7-20/h3-11,13-15,19,28,30-31,33-35H,12,16-18H2,1-2H3/t19-,28-/m1/s1. The minimum Gasteiger partial charge on any atom is -0.508 e. The summed E-state index contributed by atoms with van der Waals surface area (Å²) in [6.45, 7) is 2.66. The van der Waals surface area contributed by atoms with E-state index in [9.17, 15) is 20.1 Å². The zero-order chi connectivity index (χ0) is 25.7. The molecule has 0 aliphatic carbocycles. The molecule has 1 heterocycles. The van der Waals surface area contributed by atoms with E-state index in [1.165, 1.54) is 6.07 Å².